The van der Waals surface area contributed by atoms with Gasteiger partial charge >= 0.3 is 0 Å². The molecule has 1 aromatic heterocycles. The molecule has 1 aliphatic heterocycles. The first-order valence-electron chi connectivity index (χ1n) is 6.93. The van der Waals surface area contributed by atoms with Crippen LogP contribution < -0.4 is 16.4 Å². The smallest absolute Gasteiger partial charge is 0.242 e. The molecule has 1 unspecified atom stereocenters. The molecule has 2 heterocycles. The average molecular weight is 286 g/mol. The van der Waals surface area contributed by atoms with Crippen LogP contribution in [0.4, 0.5) is 5.82 Å². The highest BCUT2D eigenvalue weighted by atomic mass is 16.5. The Labute approximate surface area is 122 Å². The number of nitrogens with two attached hydrogens (primary N) is 2. The molecule has 6 heteroatoms. The molecular formula is C15H18N4O2. The molecule has 1 saturated heterocycles. The lowest BCUT2D eigenvalue weighted by Crippen LogP contribution is -2.53. The van der Waals surface area contributed by atoms with Gasteiger partial charge in [-0.05, 0) is 12.1 Å². The van der Waals surface area contributed by atoms with Crippen molar-refractivity contribution in [1.29, 1.82) is 0 Å². The Balaban J connectivity index is 2.10. The van der Waals surface area contributed by atoms with Crippen molar-refractivity contribution >= 4 is 22.6 Å². The fourth-order valence-electron chi connectivity index (χ4n) is 2.64. The molecule has 2 aromatic rings. The topological polar surface area (TPSA) is 94.5 Å². The molecule has 4 N–H and O–H groups in total. The van der Waals surface area contributed by atoms with Gasteiger partial charge in [-0.3, -0.25) is 4.79 Å². The van der Waals surface area contributed by atoms with E-state index in [9.17, 15) is 4.79 Å². The van der Waals surface area contributed by atoms with E-state index < -0.39 is 11.9 Å². The number of amides is 1. The molecule has 0 aliphatic carbocycles. The molecule has 0 radical (unpaired) electrons. The number of pyridine rings is 1. The molecule has 110 valence electrons. The van der Waals surface area contributed by atoms with E-state index in [0.717, 1.165) is 22.3 Å². The number of nitrogens with zero attached hydrogens (tertiary/aromatic N) is 2. The maximum absolute atomic E-state index is 11.6. The van der Waals surface area contributed by atoms with E-state index in [2.05, 4.69) is 4.98 Å². The van der Waals surface area contributed by atoms with E-state index in [1.54, 1.807) is 0 Å². The molecule has 0 bridgehead atoms. The second kappa shape index (κ2) is 5.67. The average Bonchev–Trinajstić information content (AvgIpc) is 2.53. The van der Waals surface area contributed by atoms with Gasteiger partial charge in [-0.15, -0.1) is 0 Å². The number of morpholine rings is 1. The molecule has 0 saturated carbocycles. The lowest BCUT2D eigenvalue weighted by atomic mass is 10.1. The van der Waals surface area contributed by atoms with Crippen molar-refractivity contribution in [2.24, 2.45) is 11.5 Å². The van der Waals surface area contributed by atoms with Crippen LogP contribution in [-0.2, 0) is 16.1 Å². The summed E-state index contributed by atoms with van der Waals surface area (Å²) in [5.41, 5.74) is 13.1. The number of hydrogen-bond donors (Lipinski definition) is 2. The van der Waals surface area contributed by atoms with Crippen LogP contribution >= 0.6 is 0 Å². The van der Waals surface area contributed by atoms with Crippen molar-refractivity contribution in [2.75, 3.05) is 24.7 Å². The predicted molar refractivity (Wildman–Crippen MR) is 80.8 cm³/mol. The minimum atomic E-state index is -0.502. The number of rotatable bonds is 3. The lowest BCUT2D eigenvalue weighted by molar-refractivity contribution is -0.121. The first-order chi connectivity index (χ1) is 10.2. The molecule has 1 amide bonds. The summed E-state index contributed by atoms with van der Waals surface area (Å²) in [5.74, 6) is 0.316. The Morgan fingerprint density at radius 2 is 2.24 bits per heavy atom. The zero-order valence-electron chi connectivity index (χ0n) is 11.7. The maximum atomic E-state index is 11.6. The molecule has 3 rings (SSSR count). The number of fused-ring (bicyclic) bond motifs is 1. The van der Waals surface area contributed by atoms with Crippen LogP contribution in [-0.4, -0.2) is 36.7 Å². The normalized spacial score (nSPS) is 18.9. The first kappa shape index (κ1) is 13.8. The molecule has 1 fully saturated rings. The molecular weight excluding hydrogens is 268 g/mol. The second-order valence-corrected chi connectivity index (χ2v) is 5.05. The molecule has 0 spiro atoms. The number of aromatic nitrogens is 1. The third-order valence-electron chi connectivity index (χ3n) is 3.73. The fraction of sp³-hybridized carbons (Fsp3) is 0.333. The van der Waals surface area contributed by atoms with Gasteiger partial charge in [0.2, 0.25) is 5.91 Å². The van der Waals surface area contributed by atoms with Crippen molar-refractivity contribution in [2.45, 2.75) is 12.6 Å². The number of anilines is 1. The Kier molecular flexibility index (Phi) is 3.72. The molecule has 21 heavy (non-hydrogen) atoms. The summed E-state index contributed by atoms with van der Waals surface area (Å²) < 4.78 is 5.35. The summed E-state index contributed by atoms with van der Waals surface area (Å²) >= 11 is 0. The van der Waals surface area contributed by atoms with Gasteiger partial charge in [0.1, 0.15) is 11.9 Å². The van der Waals surface area contributed by atoms with Crippen LogP contribution in [0, 0.1) is 0 Å². The van der Waals surface area contributed by atoms with Crippen molar-refractivity contribution < 1.29 is 9.53 Å². The first-order valence-corrected chi connectivity index (χ1v) is 6.93. The maximum Gasteiger partial charge on any atom is 0.242 e. The van der Waals surface area contributed by atoms with Crippen LogP contribution in [0.15, 0.2) is 30.3 Å². The third kappa shape index (κ3) is 2.55. The number of benzene rings is 1. The molecule has 1 aromatic carbocycles. The number of para-hydroxylation sites is 1. The van der Waals surface area contributed by atoms with Gasteiger partial charge in [0, 0.05) is 24.0 Å². The highest BCUT2D eigenvalue weighted by Crippen LogP contribution is 2.26. The molecule has 1 atom stereocenters. The lowest BCUT2D eigenvalue weighted by Gasteiger charge is -2.35. The summed E-state index contributed by atoms with van der Waals surface area (Å²) in [5, 5.41) is 1.03. The van der Waals surface area contributed by atoms with Gasteiger partial charge in [0.25, 0.3) is 0 Å². The van der Waals surface area contributed by atoms with E-state index in [0.29, 0.717) is 19.7 Å². The Hall–Kier alpha value is -2.18. The Morgan fingerprint density at radius 3 is 3.00 bits per heavy atom. The van der Waals surface area contributed by atoms with Gasteiger partial charge in [-0.2, -0.15) is 0 Å². The summed E-state index contributed by atoms with van der Waals surface area (Å²) in [6.45, 7) is 1.76. The minimum Gasteiger partial charge on any atom is -0.377 e. The number of carbonyl (C=O) groups is 1. The van der Waals surface area contributed by atoms with Crippen LogP contribution in [0.25, 0.3) is 10.9 Å². The van der Waals surface area contributed by atoms with Crippen LogP contribution in [0.2, 0.25) is 0 Å². The van der Waals surface area contributed by atoms with Crippen LogP contribution in [0.1, 0.15) is 5.56 Å². The van der Waals surface area contributed by atoms with E-state index in [4.69, 9.17) is 16.2 Å². The highest BCUT2D eigenvalue weighted by Gasteiger charge is 2.30. The zero-order valence-corrected chi connectivity index (χ0v) is 11.7. The second-order valence-electron chi connectivity index (χ2n) is 5.05. The molecule has 1 aliphatic rings. The number of hydrogen-bond acceptors (Lipinski definition) is 5. The van der Waals surface area contributed by atoms with E-state index in [-0.39, 0.29) is 6.61 Å². The van der Waals surface area contributed by atoms with Crippen molar-refractivity contribution in [3.63, 3.8) is 0 Å². The Bertz CT molecular complexity index is 674. The van der Waals surface area contributed by atoms with Crippen molar-refractivity contribution in [3.05, 3.63) is 35.9 Å². The predicted octanol–water partition coefficient (Wildman–Crippen LogP) is 0.384. The van der Waals surface area contributed by atoms with Crippen LogP contribution in [0.5, 0.6) is 0 Å². The summed E-state index contributed by atoms with van der Waals surface area (Å²) in [6.07, 6.45) is 0. The van der Waals surface area contributed by atoms with Crippen LogP contribution in [0.3, 0.4) is 0 Å². The van der Waals surface area contributed by atoms with Crippen molar-refractivity contribution in [1.82, 2.24) is 4.98 Å². The van der Waals surface area contributed by atoms with Gasteiger partial charge < -0.3 is 21.1 Å². The van der Waals surface area contributed by atoms with Gasteiger partial charge in [0.15, 0.2) is 0 Å². The highest BCUT2D eigenvalue weighted by molar-refractivity contribution is 5.86. The standard InChI is InChI=1S/C15H18N4O2/c16-8-11-7-10-3-1-2-4-12(10)18-15(11)19-5-6-21-9-13(19)14(17)20/h1-4,7,13H,5-6,8-9,16H2,(H2,17,20). The SMILES string of the molecule is NCc1cc2ccccc2nc1N1CCOCC1C(N)=O. The monoisotopic (exact) mass is 286 g/mol. The van der Waals surface area contributed by atoms with Gasteiger partial charge in [-0.1, -0.05) is 18.2 Å². The van der Waals surface area contributed by atoms with Crippen molar-refractivity contribution in [3.8, 4) is 0 Å². The molecule has 6 nitrogen and oxygen atoms in total. The minimum absolute atomic E-state index is 0.286. The van der Waals surface area contributed by atoms with E-state index >= 15 is 0 Å². The van der Waals surface area contributed by atoms with E-state index in [1.165, 1.54) is 0 Å². The zero-order chi connectivity index (χ0) is 14.8. The van der Waals surface area contributed by atoms with Gasteiger partial charge in [0.05, 0.1) is 18.7 Å². The summed E-state index contributed by atoms with van der Waals surface area (Å²) in [6, 6.07) is 9.36. The number of primary amides is 1. The van der Waals surface area contributed by atoms with E-state index in [1.807, 2.05) is 35.2 Å². The summed E-state index contributed by atoms with van der Waals surface area (Å²) in [4.78, 5) is 18.2. The van der Waals surface area contributed by atoms with Gasteiger partial charge in [-0.25, -0.2) is 4.98 Å². The summed E-state index contributed by atoms with van der Waals surface area (Å²) in [7, 11) is 0. The quantitative estimate of drug-likeness (QED) is 0.851. The number of ether oxygens (including phenoxy) is 1. The number of carbonyl (C=O) groups excluding carboxylic acids is 1. The fourth-order valence-corrected chi connectivity index (χ4v) is 2.64. The largest absolute Gasteiger partial charge is 0.377 e. The third-order valence-corrected chi connectivity index (χ3v) is 3.73. The Morgan fingerprint density at radius 1 is 1.43 bits per heavy atom.